The topological polar surface area (TPSA) is 92.5 Å². The molecule has 1 heterocycles. The van der Waals surface area contributed by atoms with E-state index in [-0.39, 0.29) is 16.8 Å². The molecule has 2 rings (SSSR count). The Morgan fingerprint density at radius 3 is 2.68 bits per heavy atom. The van der Waals surface area contributed by atoms with E-state index in [0.29, 0.717) is 6.54 Å². The molecule has 0 bridgehead atoms. The molecule has 0 saturated carbocycles. The Bertz CT molecular complexity index is 653. The van der Waals surface area contributed by atoms with Gasteiger partial charge in [0.2, 0.25) is 15.9 Å². The molecule has 0 aromatic heterocycles. The fraction of sp³-hybridized carbons (Fsp3) is 0.400. The van der Waals surface area contributed by atoms with E-state index in [2.05, 4.69) is 4.72 Å². The molecule has 0 aliphatic carbocycles. The van der Waals surface area contributed by atoms with Gasteiger partial charge in [0, 0.05) is 25.2 Å². The van der Waals surface area contributed by atoms with E-state index in [0.717, 1.165) is 24.9 Å². The van der Waals surface area contributed by atoms with Gasteiger partial charge in [0.05, 0.1) is 4.90 Å². The molecule has 1 atom stereocenters. The molecule has 0 spiro atoms. The maximum absolute atomic E-state index is 12.1. The summed E-state index contributed by atoms with van der Waals surface area (Å²) >= 11 is 0. The van der Waals surface area contributed by atoms with Crippen molar-refractivity contribution < 1.29 is 13.2 Å². The molecule has 6 nitrogen and oxygen atoms in total. The summed E-state index contributed by atoms with van der Waals surface area (Å²) < 4.78 is 25.5. The van der Waals surface area contributed by atoms with E-state index in [1.165, 1.54) is 25.3 Å². The van der Waals surface area contributed by atoms with Gasteiger partial charge in [0.1, 0.15) is 0 Å². The number of hydrogen-bond donors (Lipinski definition) is 2. The van der Waals surface area contributed by atoms with Crippen molar-refractivity contribution in [2.45, 2.75) is 23.8 Å². The number of carbonyl (C=O) groups is 1. The van der Waals surface area contributed by atoms with Gasteiger partial charge in [-0.2, -0.15) is 0 Å². The van der Waals surface area contributed by atoms with Gasteiger partial charge in [-0.1, -0.05) is 12.1 Å². The van der Waals surface area contributed by atoms with Crippen LogP contribution in [0.1, 0.15) is 18.4 Å². The zero-order valence-corrected chi connectivity index (χ0v) is 13.3. The Hall–Kier alpha value is -1.70. The van der Waals surface area contributed by atoms with Gasteiger partial charge in [-0.3, -0.25) is 4.79 Å². The summed E-state index contributed by atoms with van der Waals surface area (Å²) in [4.78, 5) is 14.1. The largest absolute Gasteiger partial charge is 0.335 e. The van der Waals surface area contributed by atoms with Crippen LogP contribution in [0.3, 0.4) is 0 Å². The first-order valence-electron chi connectivity index (χ1n) is 7.20. The highest BCUT2D eigenvalue weighted by Gasteiger charge is 2.25. The van der Waals surface area contributed by atoms with E-state index < -0.39 is 10.0 Å². The van der Waals surface area contributed by atoms with Crippen LogP contribution in [0.2, 0.25) is 0 Å². The summed E-state index contributed by atoms with van der Waals surface area (Å²) in [6.07, 6.45) is 5.13. The van der Waals surface area contributed by atoms with Crippen LogP contribution in [0.15, 0.2) is 35.2 Å². The first kappa shape index (κ1) is 16.7. The van der Waals surface area contributed by atoms with E-state index >= 15 is 0 Å². The van der Waals surface area contributed by atoms with E-state index in [1.54, 1.807) is 23.1 Å². The van der Waals surface area contributed by atoms with Gasteiger partial charge >= 0.3 is 0 Å². The van der Waals surface area contributed by atoms with E-state index in [1.807, 2.05) is 0 Å². The van der Waals surface area contributed by atoms with Crippen molar-refractivity contribution >= 4 is 22.0 Å². The normalized spacial score (nSPS) is 19.0. The molecular formula is C15H21N3O3S. The highest BCUT2D eigenvalue weighted by atomic mass is 32.2. The fourth-order valence-electron chi connectivity index (χ4n) is 2.51. The number of amides is 1. The van der Waals surface area contributed by atoms with E-state index in [4.69, 9.17) is 5.73 Å². The number of sulfonamides is 1. The molecular weight excluding hydrogens is 302 g/mol. The average Bonchev–Trinajstić information content (AvgIpc) is 3.01. The fourth-order valence-corrected chi connectivity index (χ4v) is 3.24. The summed E-state index contributed by atoms with van der Waals surface area (Å²) in [5.74, 6) is -0.0557. The number of carbonyl (C=O) groups excluding carboxylic acids is 1. The van der Waals surface area contributed by atoms with Gasteiger partial charge < -0.3 is 10.6 Å². The van der Waals surface area contributed by atoms with Crippen LogP contribution >= 0.6 is 0 Å². The molecule has 1 unspecified atom stereocenters. The third kappa shape index (κ3) is 3.73. The molecule has 22 heavy (non-hydrogen) atoms. The van der Waals surface area contributed by atoms with Gasteiger partial charge in [0.25, 0.3) is 0 Å². The lowest BCUT2D eigenvalue weighted by Gasteiger charge is -2.21. The monoisotopic (exact) mass is 323 g/mol. The smallest absolute Gasteiger partial charge is 0.246 e. The number of likely N-dealkylation sites (tertiary alicyclic amines) is 1. The van der Waals surface area contributed by atoms with Crippen LogP contribution in [0, 0.1) is 0 Å². The maximum atomic E-state index is 12.1. The molecule has 1 aliphatic heterocycles. The second-order valence-corrected chi connectivity index (χ2v) is 7.06. The van der Waals surface area contributed by atoms with Crippen molar-refractivity contribution in [1.82, 2.24) is 9.62 Å². The molecule has 7 heteroatoms. The Labute approximate surface area is 131 Å². The van der Waals surface area contributed by atoms with Crippen LogP contribution in [0.4, 0.5) is 0 Å². The first-order chi connectivity index (χ1) is 10.5. The maximum Gasteiger partial charge on any atom is 0.246 e. The van der Waals surface area contributed by atoms with Crippen LogP contribution < -0.4 is 10.5 Å². The Balaban J connectivity index is 2.06. The number of nitrogens with one attached hydrogen (secondary N) is 1. The Kier molecular flexibility index (Phi) is 5.33. The molecule has 1 amide bonds. The van der Waals surface area contributed by atoms with Crippen molar-refractivity contribution in [1.29, 1.82) is 0 Å². The summed E-state index contributed by atoms with van der Waals surface area (Å²) in [6.45, 7) is 1.22. The Morgan fingerprint density at radius 2 is 2.09 bits per heavy atom. The molecule has 1 aromatic rings. The van der Waals surface area contributed by atoms with Crippen molar-refractivity contribution in [2.75, 3.05) is 20.1 Å². The third-order valence-electron chi connectivity index (χ3n) is 3.81. The zero-order chi connectivity index (χ0) is 16.2. The second-order valence-electron chi connectivity index (χ2n) is 5.17. The van der Waals surface area contributed by atoms with Crippen molar-refractivity contribution in [2.24, 2.45) is 5.73 Å². The van der Waals surface area contributed by atoms with Crippen molar-refractivity contribution in [3.8, 4) is 0 Å². The number of hydrogen-bond acceptors (Lipinski definition) is 4. The molecule has 1 saturated heterocycles. The summed E-state index contributed by atoms with van der Waals surface area (Å²) in [5.41, 5.74) is 6.43. The van der Waals surface area contributed by atoms with Gasteiger partial charge in [0.15, 0.2) is 0 Å². The minimum absolute atomic E-state index is 0.0557. The lowest BCUT2D eigenvalue weighted by molar-refractivity contribution is -0.126. The summed E-state index contributed by atoms with van der Waals surface area (Å²) in [6, 6.07) is 6.47. The van der Waals surface area contributed by atoms with Crippen LogP contribution in [-0.4, -0.2) is 45.4 Å². The minimum Gasteiger partial charge on any atom is -0.335 e. The molecule has 1 aliphatic rings. The highest BCUT2D eigenvalue weighted by Crippen LogP contribution is 2.17. The van der Waals surface area contributed by atoms with Gasteiger partial charge in [-0.15, -0.1) is 0 Å². The molecule has 3 N–H and O–H groups in total. The molecule has 1 fully saturated rings. The molecule has 1 aromatic carbocycles. The standard InChI is InChI=1S/C15H21N3O3S/c1-17-22(20,21)14-7-4-12(5-8-14)6-9-15(19)18-10-2-3-13(18)11-16/h4-9,13,17H,2-3,10-11,16H2,1H3. The van der Waals surface area contributed by atoms with Crippen LogP contribution in [0.25, 0.3) is 6.08 Å². The SMILES string of the molecule is CNS(=O)(=O)c1ccc(C=CC(=O)N2CCCC2CN)cc1. The van der Waals surface area contributed by atoms with Gasteiger partial charge in [-0.25, -0.2) is 13.1 Å². The number of nitrogens with zero attached hydrogens (tertiary/aromatic N) is 1. The first-order valence-corrected chi connectivity index (χ1v) is 8.68. The lowest BCUT2D eigenvalue weighted by Crippen LogP contribution is -2.38. The van der Waals surface area contributed by atoms with Crippen LogP contribution in [-0.2, 0) is 14.8 Å². The van der Waals surface area contributed by atoms with Gasteiger partial charge in [-0.05, 0) is 43.7 Å². The van der Waals surface area contributed by atoms with Crippen molar-refractivity contribution in [3.63, 3.8) is 0 Å². The number of benzene rings is 1. The van der Waals surface area contributed by atoms with Crippen LogP contribution in [0.5, 0.6) is 0 Å². The van der Waals surface area contributed by atoms with E-state index in [9.17, 15) is 13.2 Å². The predicted molar refractivity (Wildman–Crippen MR) is 85.5 cm³/mol. The average molecular weight is 323 g/mol. The molecule has 0 radical (unpaired) electrons. The second kappa shape index (κ2) is 7.04. The summed E-state index contributed by atoms with van der Waals surface area (Å²) in [5, 5.41) is 0. The predicted octanol–water partition coefficient (Wildman–Crippen LogP) is 0.558. The Morgan fingerprint density at radius 1 is 1.41 bits per heavy atom. The summed E-state index contributed by atoms with van der Waals surface area (Å²) in [7, 11) is -2.07. The highest BCUT2D eigenvalue weighted by molar-refractivity contribution is 7.89. The quantitative estimate of drug-likeness (QED) is 0.774. The lowest BCUT2D eigenvalue weighted by atomic mass is 10.2. The number of rotatable bonds is 5. The molecule has 120 valence electrons. The number of nitrogens with two attached hydrogens (primary N) is 1. The van der Waals surface area contributed by atoms with Crippen molar-refractivity contribution in [3.05, 3.63) is 35.9 Å². The minimum atomic E-state index is -3.43. The third-order valence-corrected chi connectivity index (χ3v) is 5.24. The zero-order valence-electron chi connectivity index (χ0n) is 12.5.